The molecule has 2 rings (SSSR count). The molecule has 15 heavy (non-hydrogen) atoms. The van der Waals surface area contributed by atoms with Crippen molar-refractivity contribution in [3.05, 3.63) is 22.4 Å². The molecule has 1 aliphatic carbocycles. The number of thiophene rings is 1. The first-order valence-corrected chi connectivity index (χ1v) is 6.86. The molecule has 1 saturated carbocycles. The molecule has 1 aromatic heterocycles. The molecule has 1 aromatic rings. The van der Waals surface area contributed by atoms with E-state index in [1.54, 1.807) is 11.3 Å². The van der Waals surface area contributed by atoms with Gasteiger partial charge in [-0.1, -0.05) is 6.92 Å². The highest BCUT2D eigenvalue weighted by atomic mass is 32.1. The lowest BCUT2D eigenvalue weighted by molar-refractivity contribution is -0.0141. The maximum atomic E-state index is 10.4. The highest BCUT2D eigenvalue weighted by Crippen LogP contribution is 2.34. The Kier molecular flexibility index (Phi) is 3.47. The molecule has 1 N–H and O–H groups in total. The zero-order valence-electron chi connectivity index (χ0n) is 9.41. The highest BCUT2D eigenvalue weighted by molar-refractivity contribution is 7.07. The molecule has 0 aromatic carbocycles. The third-order valence-corrected chi connectivity index (χ3v) is 4.40. The molecular formula is C13H20OS. The smallest absolute Gasteiger partial charge is 0.0651 e. The van der Waals surface area contributed by atoms with Gasteiger partial charge < -0.3 is 5.11 Å². The first kappa shape index (κ1) is 11.2. The molecule has 1 aliphatic rings. The Labute approximate surface area is 96.1 Å². The van der Waals surface area contributed by atoms with Crippen molar-refractivity contribution in [3.63, 3.8) is 0 Å². The summed E-state index contributed by atoms with van der Waals surface area (Å²) in [5.74, 6) is 0.812. The Morgan fingerprint density at radius 2 is 2.20 bits per heavy atom. The van der Waals surface area contributed by atoms with Crippen molar-refractivity contribution in [1.29, 1.82) is 0 Å². The van der Waals surface area contributed by atoms with Crippen molar-refractivity contribution in [3.8, 4) is 0 Å². The zero-order chi connectivity index (χ0) is 10.7. The fraction of sp³-hybridized carbons (Fsp3) is 0.692. The lowest BCUT2D eigenvalue weighted by atomic mass is 9.77. The van der Waals surface area contributed by atoms with Crippen LogP contribution in [0, 0.1) is 5.92 Å². The zero-order valence-corrected chi connectivity index (χ0v) is 10.2. The molecule has 2 heteroatoms. The van der Waals surface area contributed by atoms with Gasteiger partial charge in [0.25, 0.3) is 0 Å². The Bertz CT molecular complexity index is 283. The second-order valence-electron chi connectivity index (χ2n) is 5.04. The van der Waals surface area contributed by atoms with Gasteiger partial charge >= 0.3 is 0 Å². The summed E-state index contributed by atoms with van der Waals surface area (Å²) >= 11 is 1.74. The van der Waals surface area contributed by atoms with Crippen molar-refractivity contribution in [2.45, 2.75) is 51.0 Å². The first-order valence-electron chi connectivity index (χ1n) is 5.91. The number of hydrogen-bond donors (Lipinski definition) is 1. The molecule has 0 amide bonds. The average Bonchev–Trinajstić information content (AvgIpc) is 2.73. The van der Waals surface area contributed by atoms with Gasteiger partial charge in [0.1, 0.15) is 0 Å². The third-order valence-electron chi connectivity index (χ3n) is 3.66. The van der Waals surface area contributed by atoms with Crippen LogP contribution < -0.4 is 0 Å². The largest absolute Gasteiger partial charge is 0.390 e. The highest BCUT2D eigenvalue weighted by Gasteiger charge is 2.31. The van der Waals surface area contributed by atoms with E-state index in [1.165, 1.54) is 18.4 Å². The number of rotatable bonds is 3. The van der Waals surface area contributed by atoms with Gasteiger partial charge in [0.2, 0.25) is 0 Å². The molecular weight excluding hydrogens is 204 g/mol. The summed E-state index contributed by atoms with van der Waals surface area (Å²) in [4.78, 5) is 0. The lowest BCUT2D eigenvalue weighted by Crippen LogP contribution is -2.33. The van der Waals surface area contributed by atoms with Gasteiger partial charge in [-0.3, -0.25) is 0 Å². The average molecular weight is 224 g/mol. The van der Waals surface area contributed by atoms with E-state index in [9.17, 15) is 5.11 Å². The maximum Gasteiger partial charge on any atom is 0.0651 e. The molecule has 1 nitrogen and oxygen atoms in total. The van der Waals surface area contributed by atoms with E-state index in [0.717, 1.165) is 31.6 Å². The molecule has 0 atom stereocenters. The first-order chi connectivity index (χ1) is 7.18. The Hall–Kier alpha value is -0.340. The van der Waals surface area contributed by atoms with E-state index in [2.05, 4.69) is 23.8 Å². The molecule has 0 spiro atoms. The minimum atomic E-state index is -0.367. The monoisotopic (exact) mass is 224 g/mol. The van der Waals surface area contributed by atoms with Crippen molar-refractivity contribution in [2.75, 3.05) is 0 Å². The van der Waals surface area contributed by atoms with Crippen molar-refractivity contribution >= 4 is 11.3 Å². The maximum absolute atomic E-state index is 10.4. The van der Waals surface area contributed by atoms with Crippen LogP contribution in [0.3, 0.4) is 0 Å². The number of aliphatic hydroxyl groups is 1. The molecule has 0 aliphatic heterocycles. The van der Waals surface area contributed by atoms with Gasteiger partial charge in [0.05, 0.1) is 5.60 Å². The van der Waals surface area contributed by atoms with E-state index < -0.39 is 0 Å². The van der Waals surface area contributed by atoms with Crippen LogP contribution in [-0.4, -0.2) is 10.7 Å². The third kappa shape index (κ3) is 3.05. The van der Waals surface area contributed by atoms with E-state index in [0.29, 0.717) is 0 Å². The van der Waals surface area contributed by atoms with E-state index >= 15 is 0 Å². The molecule has 0 radical (unpaired) electrons. The summed E-state index contributed by atoms with van der Waals surface area (Å²) in [5, 5.41) is 14.7. The van der Waals surface area contributed by atoms with Crippen LogP contribution in [0.25, 0.3) is 0 Å². The van der Waals surface area contributed by atoms with Crippen LogP contribution in [-0.2, 0) is 6.42 Å². The fourth-order valence-electron chi connectivity index (χ4n) is 2.36. The topological polar surface area (TPSA) is 20.2 Å². The summed E-state index contributed by atoms with van der Waals surface area (Å²) in [6.07, 6.45) is 6.36. The van der Waals surface area contributed by atoms with Crippen molar-refractivity contribution in [1.82, 2.24) is 0 Å². The number of hydrogen-bond acceptors (Lipinski definition) is 2. The van der Waals surface area contributed by atoms with Gasteiger partial charge in [0.15, 0.2) is 0 Å². The predicted molar refractivity (Wildman–Crippen MR) is 65.2 cm³/mol. The normalized spacial score (nSPS) is 31.7. The van der Waals surface area contributed by atoms with E-state index in [1.807, 2.05) is 0 Å². The van der Waals surface area contributed by atoms with Crippen molar-refractivity contribution < 1.29 is 5.11 Å². The minimum Gasteiger partial charge on any atom is -0.390 e. The van der Waals surface area contributed by atoms with Crippen molar-refractivity contribution in [2.24, 2.45) is 5.92 Å². The fourth-order valence-corrected chi connectivity index (χ4v) is 3.06. The SMILES string of the molecule is CC1CCC(O)(CCc2ccsc2)CC1. The van der Waals surface area contributed by atoms with E-state index in [4.69, 9.17) is 0 Å². The van der Waals surface area contributed by atoms with Crippen LogP contribution in [0.5, 0.6) is 0 Å². The summed E-state index contributed by atoms with van der Waals surface area (Å²) in [6, 6.07) is 2.17. The quantitative estimate of drug-likeness (QED) is 0.831. The molecule has 0 unspecified atom stereocenters. The Balaban J connectivity index is 1.83. The minimum absolute atomic E-state index is 0.367. The standard InChI is InChI=1S/C13H20OS/c1-11-2-6-13(14,7-3-11)8-4-12-5-9-15-10-12/h5,9-11,14H,2-4,6-8H2,1H3. The van der Waals surface area contributed by atoms with Crippen LogP contribution in [0.15, 0.2) is 16.8 Å². The van der Waals surface area contributed by atoms with Crippen LogP contribution in [0.4, 0.5) is 0 Å². The van der Waals surface area contributed by atoms with Gasteiger partial charge in [-0.2, -0.15) is 11.3 Å². The van der Waals surface area contributed by atoms with Gasteiger partial charge in [0, 0.05) is 0 Å². The summed E-state index contributed by atoms with van der Waals surface area (Å²) in [6.45, 7) is 2.29. The molecule has 84 valence electrons. The second-order valence-corrected chi connectivity index (χ2v) is 5.82. The van der Waals surface area contributed by atoms with Gasteiger partial charge in [-0.05, 0) is 66.8 Å². The molecule has 0 saturated heterocycles. The van der Waals surface area contributed by atoms with Crippen LogP contribution in [0.2, 0.25) is 0 Å². The Morgan fingerprint density at radius 1 is 1.47 bits per heavy atom. The molecule has 0 bridgehead atoms. The molecule has 1 fully saturated rings. The summed E-state index contributed by atoms with van der Waals surface area (Å²) in [5.41, 5.74) is 1.01. The van der Waals surface area contributed by atoms with Gasteiger partial charge in [-0.15, -0.1) is 0 Å². The van der Waals surface area contributed by atoms with Gasteiger partial charge in [-0.25, -0.2) is 0 Å². The predicted octanol–water partition coefficient (Wildman–Crippen LogP) is 3.62. The van der Waals surface area contributed by atoms with Crippen LogP contribution >= 0.6 is 11.3 Å². The van der Waals surface area contributed by atoms with Crippen LogP contribution in [0.1, 0.15) is 44.6 Å². The Morgan fingerprint density at radius 3 is 2.80 bits per heavy atom. The summed E-state index contributed by atoms with van der Waals surface area (Å²) in [7, 11) is 0. The number of aryl methyl sites for hydroxylation is 1. The lowest BCUT2D eigenvalue weighted by Gasteiger charge is -2.34. The van der Waals surface area contributed by atoms with E-state index in [-0.39, 0.29) is 5.60 Å². The summed E-state index contributed by atoms with van der Waals surface area (Å²) < 4.78 is 0. The second kappa shape index (κ2) is 4.67. The molecule has 1 heterocycles.